The number of rotatable bonds is 4. The Morgan fingerprint density at radius 1 is 1.32 bits per heavy atom. The molecule has 0 aliphatic carbocycles. The van der Waals surface area contributed by atoms with E-state index in [2.05, 4.69) is 28.9 Å². The molecule has 3 N–H and O–H groups in total. The average molecular weight is 279 g/mol. The van der Waals surface area contributed by atoms with Gasteiger partial charge in [0.2, 0.25) is 0 Å². The quantitative estimate of drug-likeness (QED) is 0.796. The Labute approximate surface area is 119 Å². The summed E-state index contributed by atoms with van der Waals surface area (Å²) in [5.74, 6) is 0. The van der Waals surface area contributed by atoms with E-state index in [1.807, 2.05) is 6.07 Å². The minimum absolute atomic E-state index is 0.238. The van der Waals surface area contributed by atoms with Gasteiger partial charge in [0.1, 0.15) is 4.99 Å². The van der Waals surface area contributed by atoms with Crippen LogP contribution in [0.2, 0.25) is 0 Å². The second kappa shape index (κ2) is 6.32. The lowest BCUT2D eigenvalue weighted by Crippen LogP contribution is -2.47. The molecule has 0 atom stereocenters. The molecule has 1 aliphatic rings. The van der Waals surface area contributed by atoms with Gasteiger partial charge in [-0.05, 0) is 30.7 Å². The van der Waals surface area contributed by atoms with Gasteiger partial charge in [-0.1, -0.05) is 12.2 Å². The number of aryl methyl sites for hydroxylation is 1. The fraction of sp³-hybridized carbons (Fsp3) is 0.500. The molecular weight excluding hydrogens is 258 g/mol. The largest absolute Gasteiger partial charge is 0.395 e. The predicted molar refractivity (Wildman–Crippen MR) is 82.8 cm³/mol. The molecule has 0 saturated carbocycles. The lowest BCUT2D eigenvalue weighted by atomic mass is 10.1. The summed E-state index contributed by atoms with van der Waals surface area (Å²) in [5.41, 5.74) is 9.04. The molecule has 2 rings (SSSR count). The molecule has 0 radical (unpaired) electrons. The highest BCUT2D eigenvalue weighted by Gasteiger charge is 2.18. The van der Waals surface area contributed by atoms with Crippen LogP contribution in [0.5, 0.6) is 0 Å². The van der Waals surface area contributed by atoms with Gasteiger partial charge < -0.3 is 15.7 Å². The van der Waals surface area contributed by atoms with Gasteiger partial charge in [-0.2, -0.15) is 0 Å². The normalized spacial score (nSPS) is 16.6. The highest BCUT2D eigenvalue weighted by Crippen LogP contribution is 2.22. The third-order valence-electron chi connectivity index (χ3n) is 3.61. The maximum Gasteiger partial charge on any atom is 0.103 e. The molecule has 0 aromatic heterocycles. The van der Waals surface area contributed by atoms with Gasteiger partial charge >= 0.3 is 0 Å². The van der Waals surface area contributed by atoms with Crippen LogP contribution >= 0.6 is 12.2 Å². The summed E-state index contributed by atoms with van der Waals surface area (Å²) >= 11 is 5.00. The van der Waals surface area contributed by atoms with Gasteiger partial charge in [-0.25, -0.2) is 0 Å². The Morgan fingerprint density at radius 3 is 2.53 bits per heavy atom. The maximum atomic E-state index is 8.95. The van der Waals surface area contributed by atoms with Crippen molar-refractivity contribution in [1.29, 1.82) is 0 Å². The molecule has 1 aromatic carbocycles. The number of thiocarbonyl (C=S) groups is 1. The highest BCUT2D eigenvalue weighted by atomic mass is 32.1. The molecule has 1 aromatic rings. The van der Waals surface area contributed by atoms with E-state index in [0.29, 0.717) is 4.99 Å². The fourth-order valence-electron chi connectivity index (χ4n) is 2.52. The summed E-state index contributed by atoms with van der Waals surface area (Å²) in [6.45, 7) is 7.08. The lowest BCUT2D eigenvalue weighted by Gasteiger charge is -2.36. The molecule has 19 heavy (non-hydrogen) atoms. The number of hydrogen-bond acceptors (Lipinski definition) is 4. The van der Waals surface area contributed by atoms with E-state index >= 15 is 0 Å². The summed E-state index contributed by atoms with van der Waals surface area (Å²) < 4.78 is 0. The van der Waals surface area contributed by atoms with Gasteiger partial charge in [0.05, 0.1) is 6.61 Å². The summed E-state index contributed by atoms with van der Waals surface area (Å²) in [5, 5.41) is 8.95. The van der Waals surface area contributed by atoms with Crippen LogP contribution in [0.3, 0.4) is 0 Å². The van der Waals surface area contributed by atoms with E-state index in [1.54, 1.807) is 0 Å². The molecule has 1 heterocycles. The van der Waals surface area contributed by atoms with Crippen molar-refractivity contribution >= 4 is 22.9 Å². The molecule has 1 saturated heterocycles. The van der Waals surface area contributed by atoms with Gasteiger partial charge in [0.15, 0.2) is 0 Å². The molecular formula is C14H21N3OS. The van der Waals surface area contributed by atoms with E-state index in [0.717, 1.165) is 38.3 Å². The molecule has 0 spiro atoms. The molecule has 0 unspecified atom stereocenters. The number of nitrogens with two attached hydrogens (primary N) is 1. The van der Waals surface area contributed by atoms with Gasteiger partial charge in [-0.3, -0.25) is 4.90 Å². The highest BCUT2D eigenvalue weighted by molar-refractivity contribution is 7.80. The van der Waals surface area contributed by atoms with Crippen LogP contribution in [-0.4, -0.2) is 54.3 Å². The average Bonchev–Trinajstić information content (AvgIpc) is 2.40. The second-order valence-electron chi connectivity index (χ2n) is 4.92. The number of nitrogens with zero attached hydrogens (tertiary/aromatic N) is 2. The van der Waals surface area contributed by atoms with Crippen LogP contribution in [-0.2, 0) is 0 Å². The lowest BCUT2D eigenvalue weighted by molar-refractivity contribution is 0.188. The Hall–Kier alpha value is -1.17. The molecule has 104 valence electrons. The van der Waals surface area contributed by atoms with Crippen molar-refractivity contribution in [2.45, 2.75) is 6.92 Å². The van der Waals surface area contributed by atoms with Crippen LogP contribution in [0.25, 0.3) is 0 Å². The van der Waals surface area contributed by atoms with Crippen molar-refractivity contribution in [2.24, 2.45) is 5.73 Å². The van der Waals surface area contributed by atoms with Crippen molar-refractivity contribution in [3.8, 4) is 0 Å². The Kier molecular flexibility index (Phi) is 4.74. The summed E-state index contributed by atoms with van der Waals surface area (Å²) in [4.78, 5) is 5.12. The van der Waals surface area contributed by atoms with Crippen LogP contribution in [0, 0.1) is 6.92 Å². The first-order chi connectivity index (χ1) is 9.11. The van der Waals surface area contributed by atoms with Crippen molar-refractivity contribution in [3.63, 3.8) is 0 Å². The van der Waals surface area contributed by atoms with Crippen molar-refractivity contribution in [2.75, 3.05) is 44.2 Å². The summed E-state index contributed by atoms with van der Waals surface area (Å²) in [6, 6.07) is 6.15. The third-order valence-corrected chi connectivity index (χ3v) is 3.85. The summed E-state index contributed by atoms with van der Waals surface area (Å²) in [6.07, 6.45) is 0. The Morgan fingerprint density at radius 2 is 2.00 bits per heavy atom. The monoisotopic (exact) mass is 279 g/mol. The van der Waals surface area contributed by atoms with Crippen LogP contribution in [0.4, 0.5) is 5.69 Å². The standard InChI is InChI=1S/C14H21N3OS/c1-11-10-12(14(15)19)2-3-13(11)17-6-4-16(5-7-17)8-9-18/h2-3,10,18H,4-9H2,1H3,(H2,15,19). The zero-order chi connectivity index (χ0) is 13.8. The van der Waals surface area contributed by atoms with Crippen molar-refractivity contribution < 1.29 is 5.11 Å². The first-order valence-electron chi connectivity index (χ1n) is 6.60. The number of anilines is 1. The molecule has 4 nitrogen and oxygen atoms in total. The van der Waals surface area contributed by atoms with Crippen LogP contribution in [0.15, 0.2) is 18.2 Å². The SMILES string of the molecule is Cc1cc(C(N)=S)ccc1N1CCN(CCO)CC1. The van der Waals surface area contributed by atoms with E-state index in [4.69, 9.17) is 23.1 Å². The van der Waals surface area contributed by atoms with Crippen molar-refractivity contribution in [3.05, 3.63) is 29.3 Å². The van der Waals surface area contributed by atoms with E-state index < -0.39 is 0 Å². The number of piperazine rings is 1. The van der Waals surface area contributed by atoms with Gasteiger partial charge in [0.25, 0.3) is 0 Å². The number of aliphatic hydroxyl groups excluding tert-OH is 1. The first kappa shape index (κ1) is 14.2. The summed E-state index contributed by atoms with van der Waals surface area (Å²) in [7, 11) is 0. The topological polar surface area (TPSA) is 52.7 Å². The second-order valence-corrected chi connectivity index (χ2v) is 5.36. The number of hydrogen-bond donors (Lipinski definition) is 2. The molecule has 5 heteroatoms. The smallest absolute Gasteiger partial charge is 0.103 e. The van der Waals surface area contributed by atoms with Crippen molar-refractivity contribution in [1.82, 2.24) is 4.90 Å². The number of benzene rings is 1. The predicted octanol–water partition coefficient (Wildman–Crippen LogP) is 0.744. The number of aliphatic hydroxyl groups is 1. The zero-order valence-electron chi connectivity index (χ0n) is 11.3. The molecule has 1 aliphatic heterocycles. The van der Waals surface area contributed by atoms with Gasteiger partial charge in [0, 0.05) is 44.0 Å². The van der Waals surface area contributed by atoms with Gasteiger partial charge in [-0.15, -0.1) is 0 Å². The van der Waals surface area contributed by atoms with E-state index in [-0.39, 0.29) is 6.61 Å². The van der Waals surface area contributed by atoms with Crippen LogP contribution < -0.4 is 10.6 Å². The van der Waals surface area contributed by atoms with E-state index in [9.17, 15) is 0 Å². The first-order valence-corrected chi connectivity index (χ1v) is 7.01. The van der Waals surface area contributed by atoms with Crippen LogP contribution in [0.1, 0.15) is 11.1 Å². The maximum absolute atomic E-state index is 8.95. The Bertz CT molecular complexity index is 456. The molecule has 0 amide bonds. The third kappa shape index (κ3) is 3.43. The zero-order valence-corrected chi connectivity index (χ0v) is 12.1. The number of β-amino-alcohol motifs (C(OH)–C–C–N with tert-alkyl or cyclic N) is 1. The molecule has 0 bridgehead atoms. The Balaban J connectivity index is 2.05. The van der Waals surface area contributed by atoms with E-state index in [1.165, 1.54) is 11.3 Å². The minimum Gasteiger partial charge on any atom is -0.395 e. The molecule has 1 fully saturated rings. The minimum atomic E-state index is 0.238. The fourth-order valence-corrected chi connectivity index (χ4v) is 2.64.